The first-order valence-electron chi connectivity index (χ1n) is 5.32. The largest absolute Gasteiger partial charge is 0.502 e. The van der Waals surface area contributed by atoms with Gasteiger partial charge in [0.1, 0.15) is 4.90 Å². The Bertz CT molecular complexity index is 1010. The zero-order chi connectivity index (χ0) is 16.9. The van der Waals surface area contributed by atoms with Crippen molar-refractivity contribution in [2.75, 3.05) is 0 Å². The highest BCUT2D eigenvalue weighted by Gasteiger charge is 2.26. The molecule has 118 valence electrons. The summed E-state index contributed by atoms with van der Waals surface area (Å²) in [6, 6.07) is 2.74. The number of fused-ring (bicyclic) bond motifs is 1. The lowest BCUT2D eigenvalue weighted by Gasteiger charge is -2.08. The van der Waals surface area contributed by atoms with Gasteiger partial charge in [-0.15, -0.1) is 0 Å². The number of aromatic hydroxyl groups is 1. The van der Waals surface area contributed by atoms with Crippen LogP contribution in [0.1, 0.15) is 0 Å². The summed E-state index contributed by atoms with van der Waals surface area (Å²) in [6.45, 7) is 0. The number of phenolic OH excluding ortho intramolecular Hbond substituents is 1. The fourth-order valence-corrected chi connectivity index (χ4v) is 3.07. The monoisotopic (exact) mass is 349 g/mol. The van der Waals surface area contributed by atoms with Crippen LogP contribution in [0.5, 0.6) is 5.75 Å². The molecule has 0 unspecified atom stereocenters. The first kappa shape index (κ1) is 16.1. The molecule has 0 aliphatic rings. The van der Waals surface area contributed by atoms with Crippen molar-refractivity contribution in [3.63, 3.8) is 0 Å². The van der Waals surface area contributed by atoms with Crippen LogP contribution >= 0.6 is 0 Å². The van der Waals surface area contributed by atoms with Crippen molar-refractivity contribution in [2.24, 2.45) is 0 Å². The van der Waals surface area contributed by atoms with Crippen LogP contribution in [0.3, 0.4) is 0 Å². The molecule has 12 heteroatoms. The van der Waals surface area contributed by atoms with Crippen LogP contribution < -0.4 is 0 Å². The van der Waals surface area contributed by atoms with Gasteiger partial charge in [0, 0.05) is 16.8 Å². The number of nitro benzene ring substituents is 1. The zero-order valence-electron chi connectivity index (χ0n) is 10.4. The van der Waals surface area contributed by atoms with Gasteiger partial charge in [-0.25, -0.2) is 0 Å². The molecule has 0 bridgehead atoms. The first-order valence-corrected chi connectivity index (χ1v) is 8.20. The summed E-state index contributed by atoms with van der Waals surface area (Å²) in [5.41, 5.74) is -0.986. The smallest absolute Gasteiger partial charge is 0.312 e. The van der Waals surface area contributed by atoms with Crippen LogP contribution in [0.2, 0.25) is 0 Å². The van der Waals surface area contributed by atoms with E-state index in [2.05, 4.69) is 0 Å². The highest BCUT2D eigenvalue weighted by Crippen LogP contribution is 2.39. The summed E-state index contributed by atoms with van der Waals surface area (Å²) >= 11 is 0. The number of benzene rings is 2. The third-order valence-electron chi connectivity index (χ3n) is 2.79. The Balaban J connectivity index is 3.07. The predicted octanol–water partition coefficient (Wildman–Crippen LogP) is 0.947. The normalized spacial score (nSPS) is 12.5. The maximum Gasteiger partial charge on any atom is 0.312 e. The number of phenols is 1. The Kier molecular flexibility index (Phi) is 3.57. The number of nitro groups is 1. The number of hydrogen-bond donors (Lipinski definition) is 3. The van der Waals surface area contributed by atoms with Gasteiger partial charge in [0.2, 0.25) is 5.75 Å². The zero-order valence-corrected chi connectivity index (χ0v) is 12.0. The highest BCUT2D eigenvalue weighted by molar-refractivity contribution is 7.86. The molecule has 0 aromatic heterocycles. The summed E-state index contributed by atoms with van der Waals surface area (Å²) < 4.78 is 62.9. The molecule has 0 spiro atoms. The van der Waals surface area contributed by atoms with E-state index in [9.17, 15) is 32.1 Å². The van der Waals surface area contributed by atoms with E-state index in [1.165, 1.54) is 0 Å². The van der Waals surface area contributed by atoms with Gasteiger partial charge in [0.05, 0.1) is 9.82 Å². The minimum Gasteiger partial charge on any atom is -0.502 e. The minimum absolute atomic E-state index is 0.380. The van der Waals surface area contributed by atoms with Gasteiger partial charge >= 0.3 is 5.69 Å². The van der Waals surface area contributed by atoms with Gasteiger partial charge in [-0.2, -0.15) is 16.8 Å². The molecular weight excluding hydrogens is 342 g/mol. The fraction of sp³-hybridized carbons (Fsp3) is 0. The lowest BCUT2D eigenvalue weighted by Crippen LogP contribution is -2.03. The van der Waals surface area contributed by atoms with Crippen molar-refractivity contribution in [3.8, 4) is 5.75 Å². The number of rotatable bonds is 3. The van der Waals surface area contributed by atoms with Gasteiger partial charge < -0.3 is 5.11 Å². The fourth-order valence-electron chi connectivity index (χ4n) is 1.86. The molecule has 2 aromatic carbocycles. The van der Waals surface area contributed by atoms with Crippen LogP contribution in [-0.4, -0.2) is 36.0 Å². The Morgan fingerprint density at radius 3 is 2.00 bits per heavy atom. The Morgan fingerprint density at radius 2 is 1.55 bits per heavy atom. The van der Waals surface area contributed by atoms with E-state index in [4.69, 9.17) is 9.11 Å². The van der Waals surface area contributed by atoms with E-state index in [-0.39, 0.29) is 5.39 Å². The molecule has 0 heterocycles. The van der Waals surface area contributed by atoms with Gasteiger partial charge in [0.25, 0.3) is 20.2 Å². The van der Waals surface area contributed by atoms with Crippen LogP contribution in [-0.2, 0) is 20.2 Å². The predicted molar refractivity (Wildman–Crippen MR) is 71.9 cm³/mol. The van der Waals surface area contributed by atoms with Crippen molar-refractivity contribution in [3.05, 3.63) is 34.4 Å². The maximum atomic E-state index is 11.3. The molecule has 0 radical (unpaired) electrons. The topological polar surface area (TPSA) is 172 Å². The Hall–Kier alpha value is -2.28. The van der Waals surface area contributed by atoms with Crippen molar-refractivity contribution in [1.82, 2.24) is 0 Å². The Morgan fingerprint density at radius 1 is 0.955 bits per heavy atom. The molecule has 2 rings (SSSR count). The standard InChI is InChI=1S/C10H7NO9S2/c12-10-6-2-1-5(21(15,16)17)3-7(6)9(22(18,19)20)4-8(10)11(13)14/h1-4,12H,(H,15,16,17)(H,18,19,20). The van der Waals surface area contributed by atoms with E-state index in [0.717, 1.165) is 12.1 Å². The summed E-state index contributed by atoms with van der Waals surface area (Å²) in [6.07, 6.45) is 0. The molecule has 0 fully saturated rings. The molecule has 0 saturated heterocycles. The summed E-state index contributed by atoms with van der Waals surface area (Å²) in [7, 11) is -9.64. The third-order valence-corrected chi connectivity index (χ3v) is 4.54. The molecule has 0 aliphatic carbocycles. The second kappa shape index (κ2) is 4.88. The number of nitrogens with zero attached hydrogens (tertiary/aromatic N) is 1. The third kappa shape index (κ3) is 2.71. The van der Waals surface area contributed by atoms with Crippen molar-refractivity contribution < 1.29 is 36.0 Å². The lowest BCUT2D eigenvalue weighted by atomic mass is 10.1. The van der Waals surface area contributed by atoms with Crippen molar-refractivity contribution >= 4 is 36.7 Å². The molecule has 0 aliphatic heterocycles. The molecule has 0 atom stereocenters. The minimum atomic E-state index is -4.96. The average molecular weight is 349 g/mol. The molecule has 22 heavy (non-hydrogen) atoms. The van der Waals surface area contributed by atoms with Gasteiger partial charge in [-0.1, -0.05) is 0 Å². The summed E-state index contributed by atoms with van der Waals surface area (Å²) in [5, 5.41) is 19.7. The van der Waals surface area contributed by atoms with Crippen LogP contribution in [0.15, 0.2) is 34.1 Å². The summed E-state index contributed by atoms with van der Waals surface area (Å²) in [4.78, 5) is 8.05. The van der Waals surface area contributed by atoms with Gasteiger partial charge in [0.15, 0.2) is 0 Å². The maximum absolute atomic E-state index is 11.3. The highest BCUT2D eigenvalue weighted by atomic mass is 32.2. The summed E-state index contributed by atoms with van der Waals surface area (Å²) in [5.74, 6) is -0.908. The molecule has 3 N–H and O–H groups in total. The van der Waals surface area contributed by atoms with Crippen molar-refractivity contribution in [2.45, 2.75) is 9.79 Å². The van der Waals surface area contributed by atoms with Crippen LogP contribution in [0.4, 0.5) is 5.69 Å². The quantitative estimate of drug-likeness (QED) is 0.414. The van der Waals surface area contributed by atoms with Crippen LogP contribution in [0.25, 0.3) is 10.8 Å². The van der Waals surface area contributed by atoms with E-state index in [1.807, 2.05) is 0 Å². The van der Waals surface area contributed by atoms with Crippen molar-refractivity contribution in [1.29, 1.82) is 0 Å². The molecule has 2 aromatic rings. The SMILES string of the molecule is O=[N+]([O-])c1cc(S(=O)(=O)O)c2cc(S(=O)(=O)O)ccc2c1O. The molecule has 0 saturated carbocycles. The molecule has 10 nitrogen and oxygen atoms in total. The van der Waals surface area contributed by atoms with E-state index in [1.54, 1.807) is 0 Å². The second-order valence-electron chi connectivity index (χ2n) is 4.16. The van der Waals surface area contributed by atoms with E-state index < -0.39 is 51.8 Å². The van der Waals surface area contributed by atoms with E-state index >= 15 is 0 Å². The lowest BCUT2D eigenvalue weighted by molar-refractivity contribution is -0.385. The average Bonchev–Trinajstić information content (AvgIpc) is 2.35. The van der Waals surface area contributed by atoms with E-state index in [0.29, 0.717) is 12.1 Å². The second-order valence-corrected chi connectivity index (χ2v) is 6.97. The Labute approximate surface area is 123 Å². The van der Waals surface area contributed by atoms with Gasteiger partial charge in [-0.3, -0.25) is 19.2 Å². The van der Waals surface area contributed by atoms with Gasteiger partial charge in [-0.05, 0) is 18.2 Å². The molecular formula is C10H7NO9S2. The first-order chi connectivity index (χ1) is 9.93. The number of hydrogen-bond acceptors (Lipinski definition) is 7. The van der Waals surface area contributed by atoms with Crippen LogP contribution in [0, 0.1) is 10.1 Å². The molecule has 0 amide bonds.